The van der Waals surface area contributed by atoms with Gasteiger partial charge >= 0.3 is 5.97 Å². The summed E-state index contributed by atoms with van der Waals surface area (Å²) in [5, 5.41) is 8.19. The molecule has 2 aliphatic heterocycles. The van der Waals surface area contributed by atoms with Crippen LogP contribution in [0.15, 0.2) is 54.6 Å². The monoisotopic (exact) mass is 892 g/mol. The Hall–Kier alpha value is -5.05. The number of amides is 2. The fourth-order valence-corrected chi connectivity index (χ4v) is 11.0. The lowest BCUT2D eigenvalue weighted by Gasteiger charge is -2.36. The van der Waals surface area contributed by atoms with E-state index < -0.39 is 47.1 Å². The van der Waals surface area contributed by atoms with Gasteiger partial charge in [-0.15, -0.1) is 11.3 Å². The number of hydrazine groups is 1. The standard InChI is InChI=1S/C50H64N6O7S/c1-10-41(57)32-16-17-33(22-32)46(58)29(5)43(28(3)4)47(59)53-38-24-42-52-39(26-64-42)31-18-19-40-35(23-31)36(45(55(40)11-2)34-14-12-20-51-44(34)30(6)62-9)25-50(7,8)27-63-49(61)37-15-13-21-56(54-37)48(38)60/h10,12,14,18-20,23,26,28-30,32-33,37-38,43,54H,1,11,13,15-17,21-22,24-25,27H2,2-9H3,(H,53,59)/t29?,30?,32?,33-,37-,38-,43+/m0/s1. The third-order valence-corrected chi connectivity index (χ3v) is 14.5. The van der Waals surface area contributed by atoms with Crippen molar-refractivity contribution in [3.05, 3.63) is 70.8 Å². The van der Waals surface area contributed by atoms with Gasteiger partial charge in [-0.05, 0) is 94.2 Å². The molecule has 1 aromatic carbocycles. The summed E-state index contributed by atoms with van der Waals surface area (Å²) >= 11 is 1.42. The van der Waals surface area contributed by atoms with Gasteiger partial charge in [-0.25, -0.2) is 10.4 Å². The third-order valence-electron chi connectivity index (χ3n) is 13.6. The highest BCUT2D eigenvalue weighted by atomic mass is 32.1. The largest absolute Gasteiger partial charge is 0.464 e. The van der Waals surface area contributed by atoms with Crippen LogP contribution in [0.1, 0.15) is 103 Å². The summed E-state index contributed by atoms with van der Waals surface area (Å²) in [5.74, 6) is -3.48. The molecule has 3 aromatic heterocycles. The zero-order valence-corrected chi connectivity index (χ0v) is 39.4. The van der Waals surface area contributed by atoms with E-state index in [9.17, 15) is 24.0 Å². The second-order valence-electron chi connectivity index (χ2n) is 19.0. The van der Waals surface area contributed by atoms with Crippen LogP contribution in [0.2, 0.25) is 0 Å². The number of esters is 1. The van der Waals surface area contributed by atoms with Crippen LogP contribution >= 0.6 is 11.3 Å². The summed E-state index contributed by atoms with van der Waals surface area (Å²) in [6.07, 6.45) is 6.24. The van der Waals surface area contributed by atoms with Crippen LogP contribution < -0.4 is 10.7 Å². The van der Waals surface area contributed by atoms with Gasteiger partial charge in [0.15, 0.2) is 5.78 Å². The molecule has 6 bridgehead atoms. The molecule has 2 fully saturated rings. The van der Waals surface area contributed by atoms with E-state index in [1.54, 1.807) is 20.2 Å². The zero-order chi connectivity index (χ0) is 46.0. The lowest BCUT2D eigenvalue weighted by molar-refractivity contribution is -0.155. The van der Waals surface area contributed by atoms with Crippen molar-refractivity contribution in [3.63, 3.8) is 0 Å². The highest BCUT2D eigenvalue weighted by molar-refractivity contribution is 7.10. The molecule has 7 rings (SSSR count). The Morgan fingerprint density at radius 2 is 1.88 bits per heavy atom. The number of pyridine rings is 1. The predicted molar refractivity (Wildman–Crippen MR) is 248 cm³/mol. The van der Waals surface area contributed by atoms with Crippen molar-refractivity contribution in [1.29, 1.82) is 0 Å². The number of ether oxygens (including phenoxy) is 2. The van der Waals surface area contributed by atoms with E-state index in [-0.39, 0.29) is 48.5 Å². The summed E-state index contributed by atoms with van der Waals surface area (Å²) in [6.45, 7) is 18.7. The van der Waals surface area contributed by atoms with Gasteiger partial charge in [0.05, 0.1) is 34.8 Å². The van der Waals surface area contributed by atoms with E-state index in [0.717, 1.165) is 44.7 Å². The molecule has 5 heterocycles. The van der Waals surface area contributed by atoms with Gasteiger partial charge in [0.2, 0.25) is 5.91 Å². The summed E-state index contributed by atoms with van der Waals surface area (Å²) in [7, 11) is 1.69. The fourth-order valence-electron chi connectivity index (χ4n) is 10.2. The average molecular weight is 893 g/mol. The molecule has 0 spiro atoms. The van der Waals surface area contributed by atoms with Crippen molar-refractivity contribution in [3.8, 4) is 22.5 Å². The molecule has 3 aliphatic rings. The lowest BCUT2D eigenvalue weighted by Crippen LogP contribution is -2.61. The van der Waals surface area contributed by atoms with E-state index in [1.165, 1.54) is 22.4 Å². The number of benzene rings is 1. The number of cyclic esters (lactones) is 1. The van der Waals surface area contributed by atoms with E-state index in [0.29, 0.717) is 56.6 Å². The SMILES string of the molecule is C=CC(=O)C1CC[C@H](C(=O)C(C)[C@H](C(=O)N[C@H]2Cc3nc(cs3)-c3ccc4c(c3)c(c(-c3cccnc3C(C)OC)n4CC)CC(C)(C)COC(=O)[C@@H]3CCCN(N3)C2=O)C(C)C)C1. The number of allylic oxidation sites excluding steroid dienone is 1. The molecule has 13 nitrogen and oxygen atoms in total. The van der Waals surface area contributed by atoms with Crippen molar-refractivity contribution in [1.82, 2.24) is 30.3 Å². The number of hydrogen-bond donors (Lipinski definition) is 2. The highest BCUT2D eigenvalue weighted by Gasteiger charge is 2.42. The Balaban J connectivity index is 1.27. The van der Waals surface area contributed by atoms with E-state index in [4.69, 9.17) is 19.4 Å². The molecule has 1 saturated heterocycles. The molecular formula is C50H64N6O7S. The van der Waals surface area contributed by atoms with Crippen LogP contribution in [0.4, 0.5) is 0 Å². The van der Waals surface area contributed by atoms with Crippen molar-refractivity contribution < 1.29 is 33.4 Å². The number of thiazole rings is 1. The van der Waals surface area contributed by atoms with Gasteiger partial charge in [-0.3, -0.25) is 34.0 Å². The first kappa shape index (κ1) is 46.9. The Morgan fingerprint density at radius 3 is 2.59 bits per heavy atom. The number of nitrogens with one attached hydrogen (secondary N) is 2. The molecule has 1 saturated carbocycles. The number of carbonyl (C=O) groups excluding carboxylic acids is 5. The van der Waals surface area contributed by atoms with Crippen LogP contribution in [-0.2, 0) is 52.8 Å². The predicted octanol–water partition coefficient (Wildman–Crippen LogP) is 7.85. The second-order valence-corrected chi connectivity index (χ2v) is 20.0. The molecule has 4 aromatic rings. The van der Waals surface area contributed by atoms with E-state index >= 15 is 0 Å². The minimum atomic E-state index is -1.05. The Labute approximate surface area is 380 Å². The average Bonchev–Trinajstić information content (AvgIpc) is 4.05. The van der Waals surface area contributed by atoms with Crippen LogP contribution in [-0.4, -0.2) is 81.2 Å². The van der Waals surface area contributed by atoms with Crippen molar-refractivity contribution in [2.45, 2.75) is 118 Å². The number of aryl methyl sites for hydroxylation is 1. The fraction of sp³-hybridized carbons (Fsp3) is 0.540. The summed E-state index contributed by atoms with van der Waals surface area (Å²) in [5.41, 5.74) is 9.32. The van der Waals surface area contributed by atoms with Crippen LogP contribution in [0.5, 0.6) is 0 Å². The van der Waals surface area contributed by atoms with E-state index in [1.807, 2.05) is 32.2 Å². The first-order valence-electron chi connectivity index (χ1n) is 22.9. The molecule has 14 heteroatoms. The third kappa shape index (κ3) is 9.65. The summed E-state index contributed by atoms with van der Waals surface area (Å²) < 4.78 is 14.2. The van der Waals surface area contributed by atoms with Gasteiger partial charge in [0.1, 0.15) is 17.9 Å². The second kappa shape index (κ2) is 19.6. The minimum absolute atomic E-state index is 0.0389. The molecule has 3 unspecified atom stereocenters. The molecule has 342 valence electrons. The minimum Gasteiger partial charge on any atom is -0.464 e. The smallest absolute Gasteiger partial charge is 0.324 e. The number of methoxy groups -OCH3 is 1. The number of Topliss-reactive ketones (excluding diaryl/α,β-unsaturated/α-hetero) is 1. The van der Waals surface area contributed by atoms with Gasteiger partial charge in [-0.2, -0.15) is 0 Å². The van der Waals surface area contributed by atoms with Crippen molar-refractivity contribution in [2.24, 2.45) is 35.0 Å². The Morgan fingerprint density at radius 1 is 1.11 bits per heavy atom. The summed E-state index contributed by atoms with van der Waals surface area (Å²) in [6, 6.07) is 8.61. The number of carbonyl (C=O) groups is 5. The van der Waals surface area contributed by atoms with Crippen LogP contribution in [0.25, 0.3) is 33.4 Å². The Kier molecular flexibility index (Phi) is 14.4. The zero-order valence-electron chi connectivity index (χ0n) is 38.6. The first-order valence-corrected chi connectivity index (χ1v) is 23.8. The summed E-state index contributed by atoms with van der Waals surface area (Å²) in [4.78, 5) is 79.2. The first-order chi connectivity index (χ1) is 30.5. The number of ketones is 2. The van der Waals surface area contributed by atoms with Gasteiger partial charge < -0.3 is 19.4 Å². The number of hydrogen-bond acceptors (Lipinski definition) is 11. The lowest BCUT2D eigenvalue weighted by atomic mass is 9.77. The Bertz CT molecular complexity index is 2420. The molecular weight excluding hydrogens is 829 g/mol. The van der Waals surface area contributed by atoms with Gasteiger partial charge in [0.25, 0.3) is 5.91 Å². The molecule has 2 amide bonds. The van der Waals surface area contributed by atoms with Crippen molar-refractivity contribution in [2.75, 3.05) is 20.3 Å². The van der Waals surface area contributed by atoms with Gasteiger partial charge in [-0.1, -0.05) is 47.3 Å². The maximum atomic E-state index is 14.6. The number of rotatable bonds is 12. The van der Waals surface area contributed by atoms with Crippen LogP contribution in [0, 0.1) is 35.0 Å². The highest BCUT2D eigenvalue weighted by Crippen LogP contribution is 2.42. The number of aromatic nitrogens is 3. The molecule has 1 aliphatic carbocycles. The molecule has 0 radical (unpaired) electrons. The normalized spacial score (nSPS) is 23.0. The van der Waals surface area contributed by atoms with Crippen molar-refractivity contribution >= 4 is 51.6 Å². The quantitative estimate of drug-likeness (QED) is 0.106. The molecule has 64 heavy (non-hydrogen) atoms. The topological polar surface area (TPSA) is 162 Å². The van der Waals surface area contributed by atoms with E-state index in [2.05, 4.69) is 66.9 Å². The van der Waals surface area contributed by atoms with Crippen LogP contribution in [0.3, 0.4) is 0 Å². The van der Waals surface area contributed by atoms with Gasteiger partial charge in [0, 0.05) is 89.3 Å². The maximum absolute atomic E-state index is 14.6. The molecule has 2 N–H and O–H groups in total. The number of fused-ring (bicyclic) bond motifs is 6. The number of nitrogens with zero attached hydrogens (tertiary/aromatic N) is 4. The maximum Gasteiger partial charge on any atom is 0.324 e. The molecule has 7 atom stereocenters.